The molecule has 3 rings (SSSR count). The minimum Gasteiger partial charge on any atom is -0.340 e. The van der Waals surface area contributed by atoms with Crippen LogP contribution in [-0.4, -0.2) is 91.8 Å². The Morgan fingerprint density at radius 3 is 2.56 bits per heavy atom. The quantitative estimate of drug-likeness (QED) is 0.712. The van der Waals surface area contributed by atoms with E-state index in [1.54, 1.807) is 17.3 Å². The SMILES string of the molecule is CN(CC(=O)N1C[C@H]2[C@H](N(C)C)CS(=O)(=O)[C@H]2C1)Cc1ccncc1. The predicted molar refractivity (Wildman–Crippen MR) is 95.7 cm³/mol. The normalized spacial score (nSPS) is 27.9. The van der Waals surface area contributed by atoms with E-state index in [-0.39, 0.29) is 30.2 Å². The van der Waals surface area contributed by atoms with Crippen LogP contribution in [0.5, 0.6) is 0 Å². The van der Waals surface area contributed by atoms with E-state index in [1.165, 1.54) is 0 Å². The lowest BCUT2D eigenvalue weighted by molar-refractivity contribution is -0.131. The standard InChI is InChI=1S/C17H26N4O3S/c1-19(2)15-12-25(23,24)16-10-21(9-14(15)16)17(22)11-20(3)8-13-4-6-18-7-5-13/h4-7,14-16H,8-12H2,1-3H3/t14-,15+,16-/m0/s1. The van der Waals surface area contributed by atoms with Crippen LogP contribution in [-0.2, 0) is 21.2 Å². The molecule has 0 N–H and O–H groups in total. The highest BCUT2D eigenvalue weighted by atomic mass is 32.2. The number of sulfone groups is 1. The molecule has 0 saturated carbocycles. The molecule has 2 aliphatic rings. The van der Waals surface area contributed by atoms with Gasteiger partial charge in [0.25, 0.3) is 0 Å². The molecule has 0 unspecified atom stereocenters. The summed E-state index contributed by atoms with van der Waals surface area (Å²) in [6.07, 6.45) is 3.47. The first-order valence-corrected chi connectivity index (χ1v) is 10.2. The summed E-state index contributed by atoms with van der Waals surface area (Å²) in [5.41, 5.74) is 1.10. The summed E-state index contributed by atoms with van der Waals surface area (Å²) >= 11 is 0. The predicted octanol–water partition coefficient (Wildman–Crippen LogP) is -0.301. The van der Waals surface area contributed by atoms with E-state index in [2.05, 4.69) is 4.98 Å². The van der Waals surface area contributed by atoms with Gasteiger partial charge in [-0.15, -0.1) is 0 Å². The summed E-state index contributed by atoms with van der Waals surface area (Å²) in [6.45, 7) is 1.82. The van der Waals surface area contributed by atoms with E-state index in [4.69, 9.17) is 0 Å². The average Bonchev–Trinajstić information content (AvgIpc) is 3.08. The fourth-order valence-electron chi connectivity index (χ4n) is 3.96. The summed E-state index contributed by atoms with van der Waals surface area (Å²) in [5, 5.41) is -0.408. The second kappa shape index (κ2) is 7.01. The molecule has 7 nitrogen and oxygen atoms in total. The average molecular weight is 366 g/mol. The minimum atomic E-state index is -3.12. The van der Waals surface area contributed by atoms with Crippen LogP contribution in [0, 0.1) is 5.92 Å². The highest BCUT2D eigenvalue weighted by Gasteiger charge is 2.53. The van der Waals surface area contributed by atoms with Gasteiger partial charge in [0.15, 0.2) is 9.84 Å². The summed E-state index contributed by atoms with van der Waals surface area (Å²) in [6, 6.07) is 3.85. The van der Waals surface area contributed by atoms with Crippen molar-refractivity contribution < 1.29 is 13.2 Å². The van der Waals surface area contributed by atoms with Crippen molar-refractivity contribution in [2.24, 2.45) is 5.92 Å². The Hall–Kier alpha value is -1.51. The largest absolute Gasteiger partial charge is 0.340 e. The fraction of sp³-hybridized carbons (Fsp3) is 0.647. The monoisotopic (exact) mass is 366 g/mol. The number of likely N-dealkylation sites (N-methyl/N-ethyl adjacent to an activating group) is 1. The molecule has 2 fully saturated rings. The van der Waals surface area contributed by atoms with Gasteiger partial charge in [0.1, 0.15) is 0 Å². The number of rotatable bonds is 5. The molecule has 8 heteroatoms. The molecule has 0 spiro atoms. The fourth-order valence-corrected chi connectivity index (χ4v) is 6.43. The van der Waals surface area contributed by atoms with Gasteiger partial charge < -0.3 is 9.80 Å². The van der Waals surface area contributed by atoms with E-state index in [9.17, 15) is 13.2 Å². The van der Waals surface area contributed by atoms with Crippen molar-refractivity contribution >= 4 is 15.7 Å². The first kappa shape index (κ1) is 18.3. The molecule has 25 heavy (non-hydrogen) atoms. The minimum absolute atomic E-state index is 0.00124. The van der Waals surface area contributed by atoms with Crippen LogP contribution in [0.1, 0.15) is 5.56 Å². The van der Waals surface area contributed by atoms with Gasteiger partial charge in [-0.2, -0.15) is 0 Å². The van der Waals surface area contributed by atoms with Gasteiger partial charge >= 0.3 is 0 Å². The zero-order valence-corrected chi connectivity index (χ0v) is 15.8. The Labute approximate surface area is 149 Å². The Kier molecular flexibility index (Phi) is 5.13. The Morgan fingerprint density at radius 1 is 1.24 bits per heavy atom. The van der Waals surface area contributed by atoms with Crippen molar-refractivity contribution in [3.8, 4) is 0 Å². The third kappa shape index (κ3) is 3.86. The molecule has 3 heterocycles. The number of aromatic nitrogens is 1. The smallest absolute Gasteiger partial charge is 0.236 e. The lowest BCUT2D eigenvalue weighted by Crippen LogP contribution is -2.41. The van der Waals surface area contributed by atoms with Crippen molar-refractivity contribution in [3.05, 3.63) is 30.1 Å². The number of amides is 1. The van der Waals surface area contributed by atoms with Crippen molar-refractivity contribution in [1.29, 1.82) is 0 Å². The van der Waals surface area contributed by atoms with Crippen molar-refractivity contribution in [1.82, 2.24) is 19.7 Å². The second-order valence-electron chi connectivity index (χ2n) is 7.39. The lowest BCUT2D eigenvalue weighted by atomic mass is 10.00. The number of hydrogen-bond donors (Lipinski definition) is 0. The van der Waals surface area contributed by atoms with Crippen molar-refractivity contribution in [2.45, 2.75) is 17.8 Å². The highest BCUT2D eigenvalue weighted by molar-refractivity contribution is 7.92. The zero-order chi connectivity index (χ0) is 18.2. The molecule has 1 amide bonds. The molecule has 0 aromatic carbocycles. The summed E-state index contributed by atoms with van der Waals surface area (Å²) in [5.74, 6) is 0.229. The molecule has 1 aromatic rings. The van der Waals surface area contributed by atoms with E-state index >= 15 is 0 Å². The van der Waals surface area contributed by atoms with Gasteiger partial charge in [-0.3, -0.25) is 14.7 Å². The molecule has 0 radical (unpaired) electrons. The highest BCUT2D eigenvalue weighted by Crippen LogP contribution is 2.35. The molecule has 1 aromatic heterocycles. The van der Waals surface area contributed by atoms with Gasteiger partial charge in [0.05, 0.1) is 17.5 Å². The van der Waals surface area contributed by atoms with Gasteiger partial charge in [0.2, 0.25) is 5.91 Å². The number of fused-ring (bicyclic) bond motifs is 1. The topological polar surface area (TPSA) is 73.8 Å². The van der Waals surface area contributed by atoms with Crippen LogP contribution < -0.4 is 0 Å². The van der Waals surface area contributed by atoms with Gasteiger partial charge in [0, 0.05) is 44.0 Å². The maximum Gasteiger partial charge on any atom is 0.236 e. The Morgan fingerprint density at radius 2 is 1.92 bits per heavy atom. The Bertz CT molecular complexity index is 723. The summed E-state index contributed by atoms with van der Waals surface area (Å²) in [7, 11) is 2.60. The third-order valence-electron chi connectivity index (χ3n) is 5.29. The number of carbonyl (C=O) groups is 1. The zero-order valence-electron chi connectivity index (χ0n) is 15.0. The number of nitrogens with zero attached hydrogens (tertiary/aromatic N) is 4. The first-order chi connectivity index (χ1) is 11.8. The number of likely N-dealkylation sites (tertiary alicyclic amines) is 1. The van der Waals surface area contributed by atoms with Crippen LogP contribution in [0.15, 0.2) is 24.5 Å². The van der Waals surface area contributed by atoms with Crippen LogP contribution in [0.25, 0.3) is 0 Å². The van der Waals surface area contributed by atoms with E-state index < -0.39 is 15.1 Å². The van der Waals surface area contributed by atoms with Crippen LogP contribution in [0.4, 0.5) is 0 Å². The molecule has 0 bridgehead atoms. The Balaban J connectivity index is 1.61. The number of pyridine rings is 1. The van der Waals surface area contributed by atoms with Gasteiger partial charge in [-0.25, -0.2) is 8.42 Å². The van der Waals surface area contributed by atoms with E-state index in [1.807, 2.05) is 43.1 Å². The number of hydrogen-bond acceptors (Lipinski definition) is 6. The molecule has 2 aliphatic heterocycles. The molecule has 3 atom stereocenters. The maximum absolute atomic E-state index is 12.6. The summed E-state index contributed by atoms with van der Waals surface area (Å²) in [4.78, 5) is 22.3. The second-order valence-corrected chi connectivity index (χ2v) is 9.65. The van der Waals surface area contributed by atoms with Crippen molar-refractivity contribution in [3.63, 3.8) is 0 Å². The molecule has 2 saturated heterocycles. The molecular formula is C17H26N4O3S. The summed E-state index contributed by atoms with van der Waals surface area (Å²) < 4.78 is 24.8. The van der Waals surface area contributed by atoms with E-state index in [0.29, 0.717) is 19.6 Å². The van der Waals surface area contributed by atoms with Gasteiger partial charge in [-0.05, 0) is 38.8 Å². The van der Waals surface area contributed by atoms with Crippen LogP contribution in [0.2, 0.25) is 0 Å². The first-order valence-electron chi connectivity index (χ1n) is 8.51. The van der Waals surface area contributed by atoms with E-state index in [0.717, 1.165) is 5.56 Å². The molecule has 138 valence electrons. The molecular weight excluding hydrogens is 340 g/mol. The van der Waals surface area contributed by atoms with Gasteiger partial charge in [-0.1, -0.05) is 0 Å². The number of carbonyl (C=O) groups excluding carboxylic acids is 1. The maximum atomic E-state index is 12.6. The van der Waals surface area contributed by atoms with Crippen molar-refractivity contribution in [2.75, 3.05) is 46.5 Å². The molecule has 0 aliphatic carbocycles. The lowest BCUT2D eigenvalue weighted by Gasteiger charge is -2.26. The third-order valence-corrected chi connectivity index (χ3v) is 7.52. The van der Waals surface area contributed by atoms with Crippen LogP contribution >= 0.6 is 0 Å². The van der Waals surface area contributed by atoms with Crippen LogP contribution in [0.3, 0.4) is 0 Å².